The fourth-order valence-corrected chi connectivity index (χ4v) is 3.14. The van der Waals surface area contributed by atoms with Crippen molar-refractivity contribution in [1.82, 2.24) is 5.32 Å². The van der Waals surface area contributed by atoms with Crippen molar-refractivity contribution in [2.75, 3.05) is 23.3 Å². The quantitative estimate of drug-likeness (QED) is 0.629. The average Bonchev–Trinajstić information content (AvgIpc) is 3.17. The van der Waals surface area contributed by atoms with E-state index in [9.17, 15) is 32.7 Å². The van der Waals surface area contributed by atoms with Gasteiger partial charge in [0.2, 0.25) is 5.91 Å². The van der Waals surface area contributed by atoms with Gasteiger partial charge in [0.1, 0.15) is 0 Å². The number of nitrogens with zero attached hydrogens (tertiary/aromatic N) is 1. The van der Waals surface area contributed by atoms with Gasteiger partial charge in [-0.1, -0.05) is 18.2 Å². The molecule has 1 saturated heterocycles. The van der Waals surface area contributed by atoms with E-state index in [4.69, 9.17) is 0 Å². The lowest BCUT2D eigenvalue weighted by atomic mass is 10.1. The van der Waals surface area contributed by atoms with Crippen LogP contribution in [0.25, 0.3) is 0 Å². The van der Waals surface area contributed by atoms with Crippen LogP contribution >= 0.6 is 0 Å². The highest BCUT2D eigenvalue weighted by Gasteiger charge is 2.30. The molecule has 2 aromatic rings. The monoisotopic (exact) mass is 435 g/mol. The van der Waals surface area contributed by atoms with Crippen molar-refractivity contribution in [2.45, 2.75) is 25.1 Å². The Kier molecular flexibility index (Phi) is 6.59. The second-order valence-electron chi connectivity index (χ2n) is 7.00. The molecule has 0 bridgehead atoms. The number of carbonyl (C=O) groups excluding carboxylic acids is 3. The molecule has 10 heteroatoms. The van der Waals surface area contributed by atoms with Crippen LogP contribution in [0, 0.1) is 0 Å². The lowest BCUT2D eigenvalue weighted by Gasteiger charge is -2.17. The summed E-state index contributed by atoms with van der Waals surface area (Å²) < 4.78 is 37.8. The molecule has 3 rings (SSSR count). The Morgan fingerprint density at radius 2 is 1.81 bits per heavy atom. The Morgan fingerprint density at radius 1 is 1.10 bits per heavy atom. The molecule has 3 amide bonds. The number of anilines is 2. The predicted molar refractivity (Wildman–Crippen MR) is 106 cm³/mol. The Bertz CT molecular complexity index is 977. The average molecular weight is 435 g/mol. The lowest BCUT2D eigenvalue weighted by molar-refractivity contribution is -0.137. The third-order valence-corrected chi connectivity index (χ3v) is 4.77. The molecule has 0 saturated carbocycles. The molecular weight excluding hydrogens is 415 g/mol. The van der Waals surface area contributed by atoms with Crippen LogP contribution < -0.4 is 15.5 Å². The number of aliphatic hydroxyl groups excluding tert-OH is 1. The largest absolute Gasteiger partial charge is 0.416 e. The van der Waals surface area contributed by atoms with Gasteiger partial charge in [0, 0.05) is 30.9 Å². The van der Waals surface area contributed by atoms with Gasteiger partial charge in [0.25, 0.3) is 0 Å². The maximum atomic E-state index is 12.6. The molecule has 0 spiro atoms. The molecule has 3 N–H and O–H groups in total. The molecule has 0 radical (unpaired) electrons. The first-order chi connectivity index (χ1) is 14.6. The minimum Gasteiger partial charge on any atom is -0.387 e. The number of rotatable bonds is 5. The van der Waals surface area contributed by atoms with Gasteiger partial charge >= 0.3 is 18.0 Å². The number of aliphatic hydroxyl groups is 1. The summed E-state index contributed by atoms with van der Waals surface area (Å²) >= 11 is 0. The number of nitrogens with one attached hydrogen (secondary N) is 2. The van der Waals surface area contributed by atoms with Crippen molar-refractivity contribution in [2.24, 2.45) is 0 Å². The standard InChI is InChI=1S/C21H20F3N3O4/c22-21(23,24)14-8-6-13(7-9-14)17(28)12-25-19(30)20(31)26-15-3-1-4-16(11-15)27-10-2-5-18(27)29/h1,3-4,6-9,11,17,28H,2,5,10,12H2,(H,25,30)(H,26,31)/t17-/m1/s1. The van der Waals surface area contributed by atoms with Gasteiger partial charge in [-0.2, -0.15) is 13.2 Å². The first-order valence-corrected chi connectivity index (χ1v) is 9.50. The molecule has 1 aliphatic heterocycles. The minimum atomic E-state index is -4.49. The topological polar surface area (TPSA) is 98.7 Å². The highest BCUT2D eigenvalue weighted by atomic mass is 19.4. The molecule has 0 aromatic heterocycles. The third kappa shape index (κ3) is 5.60. The van der Waals surface area contributed by atoms with E-state index in [0.29, 0.717) is 24.3 Å². The summed E-state index contributed by atoms with van der Waals surface area (Å²) in [5.74, 6) is -2.02. The molecule has 7 nitrogen and oxygen atoms in total. The van der Waals surface area contributed by atoms with Gasteiger partial charge in [0.15, 0.2) is 0 Å². The highest BCUT2D eigenvalue weighted by Crippen LogP contribution is 2.30. The predicted octanol–water partition coefficient (Wildman–Crippen LogP) is 2.62. The Hall–Kier alpha value is -3.40. The van der Waals surface area contributed by atoms with E-state index in [-0.39, 0.29) is 18.0 Å². The van der Waals surface area contributed by atoms with Crippen LogP contribution in [0.1, 0.15) is 30.1 Å². The van der Waals surface area contributed by atoms with Crippen molar-refractivity contribution < 1.29 is 32.7 Å². The van der Waals surface area contributed by atoms with Crippen LogP contribution in [0.5, 0.6) is 0 Å². The van der Waals surface area contributed by atoms with Crippen LogP contribution in [0.15, 0.2) is 48.5 Å². The van der Waals surface area contributed by atoms with Crippen LogP contribution in [0.2, 0.25) is 0 Å². The zero-order chi connectivity index (χ0) is 22.6. The Balaban J connectivity index is 1.54. The first kappa shape index (κ1) is 22.3. The molecule has 1 heterocycles. The summed E-state index contributed by atoms with van der Waals surface area (Å²) in [6, 6.07) is 10.4. The number of alkyl halides is 3. The molecule has 0 aliphatic carbocycles. The molecule has 164 valence electrons. The summed E-state index contributed by atoms with van der Waals surface area (Å²) in [6.07, 6.45) is -4.57. The van der Waals surface area contributed by atoms with Gasteiger partial charge in [-0.25, -0.2) is 0 Å². The van der Waals surface area contributed by atoms with Crippen molar-refractivity contribution in [3.63, 3.8) is 0 Å². The van der Waals surface area contributed by atoms with Crippen molar-refractivity contribution in [1.29, 1.82) is 0 Å². The Labute approximate surface area is 175 Å². The van der Waals surface area contributed by atoms with E-state index in [1.165, 1.54) is 0 Å². The highest BCUT2D eigenvalue weighted by molar-refractivity contribution is 6.39. The van der Waals surface area contributed by atoms with Crippen LogP contribution in [-0.2, 0) is 20.6 Å². The SMILES string of the molecule is O=C(NC[C@@H](O)c1ccc(C(F)(F)F)cc1)C(=O)Nc1cccc(N2CCCC2=O)c1. The van der Waals surface area contributed by atoms with E-state index < -0.39 is 29.7 Å². The summed E-state index contributed by atoms with van der Waals surface area (Å²) in [6.45, 7) is 0.221. The zero-order valence-corrected chi connectivity index (χ0v) is 16.3. The van der Waals surface area contributed by atoms with Crippen LogP contribution in [0.3, 0.4) is 0 Å². The smallest absolute Gasteiger partial charge is 0.387 e. The zero-order valence-electron chi connectivity index (χ0n) is 16.3. The van der Waals surface area contributed by atoms with E-state index in [0.717, 1.165) is 30.7 Å². The number of halogens is 3. The second kappa shape index (κ2) is 9.17. The number of hydrogen-bond acceptors (Lipinski definition) is 4. The summed E-state index contributed by atoms with van der Waals surface area (Å²) in [7, 11) is 0. The van der Waals surface area contributed by atoms with Crippen LogP contribution in [0.4, 0.5) is 24.5 Å². The third-order valence-electron chi connectivity index (χ3n) is 4.77. The molecule has 1 fully saturated rings. The number of amides is 3. The van der Waals surface area contributed by atoms with Crippen LogP contribution in [-0.4, -0.2) is 35.9 Å². The van der Waals surface area contributed by atoms with E-state index in [1.807, 2.05) is 0 Å². The summed E-state index contributed by atoms with van der Waals surface area (Å²) in [5.41, 5.74) is 0.237. The van der Waals surface area contributed by atoms with E-state index in [1.54, 1.807) is 29.2 Å². The molecular formula is C21H20F3N3O4. The number of benzene rings is 2. The molecule has 1 atom stereocenters. The fourth-order valence-electron chi connectivity index (χ4n) is 3.14. The van der Waals surface area contributed by atoms with Crippen molar-refractivity contribution in [3.05, 3.63) is 59.7 Å². The fraction of sp³-hybridized carbons (Fsp3) is 0.286. The lowest BCUT2D eigenvalue weighted by Crippen LogP contribution is -2.37. The normalized spacial score (nSPS) is 15.0. The number of hydrogen-bond donors (Lipinski definition) is 3. The summed E-state index contributed by atoms with van der Waals surface area (Å²) in [5, 5.41) is 14.7. The molecule has 0 unspecified atom stereocenters. The second-order valence-corrected chi connectivity index (χ2v) is 7.00. The molecule has 31 heavy (non-hydrogen) atoms. The van der Waals surface area contributed by atoms with Gasteiger partial charge in [-0.05, 0) is 42.3 Å². The molecule has 2 aromatic carbocycles. The van der Waals surface area contributed by atoms with Crippen molar-refractivity contribution >= 4 is 29.1 Å². The molecule has 1 aliphatic rings. The van der Waals surface area contributed by atoms with E-state index >= 15 is 0 Å². The summed E-state index contributed by atoms with van der Waals surface area (Å²) in [4.78, 5) is 37.6. The minimum absolute atomic E-state index is 0.0153. The van der Waals surface area contributed by atoms with Gasteiger partial charge in [-0.3, -0.25) is 14.4 Å². The van der Waals surface area contributed by atoms with Gasteiger partial charge < -0.3 is 20.6 Å². The first-order valence-electron chi connectivity index (χ1n) is 9.50. The van der Waals surface area contributed by atoms with Gasteiger partial charge in [-0.15, -0.1) is 0 Å². The Morgan fingerprint density at radius 3 is 2.42 bits per heavy atom. The maximum absolute atomic E-state index is 12.6. The van der Waals surface area contributed by atoms with E-state index in [2.05, 4.69) is 10.6 Å². The maximum Gasteiger partial charge on any atom is 0.416 e. The number of carbonyl (C=O) groups is 3. The van der Waals surface area contributed by atoms with Crippen molar-refractivity contribution in [3.8, 4) is 0 Å². The van der Waals surface area contributed by atoms with Gasteiger partial charge in [0.05, 0.1) is 11.7 Å².